The molecule has 3 heteroatoms. The van der Waals surface area contributed by atoms with Crippen molar-refractivity contribution >= 4 is 5.97 Å². The summed E-state index contributed by atoms with van der Waals surface area (Å²) in [6, 6.07) is 14.5. The predicted octanol–water partition coefficient (Wildman–Crippen LogP) is 3.89. The molecule has 3 rings (SSSR count). The van der Waals surface area contributed by atoms with E-state index in [4.69, 9.17) is 5.11 Å². The molecule has 0 aliphatic carbocycles. The first kappa shape index (κ1) is 16.2. The average Bonchev–Trinajstić information content (AvgIpc) is 2.48. The molecule has 0 radical (unpaired) electrons. The van der Waals surface area contributed by atoms with Crippen LogP contribution in [0.1, 0.15) is 45.6 Å². The van der Waals surface area contributed by atoms with Gasteiger partial charge in [-0.2, -0.15) is 0 Å². The summed E-state index contributed by atoms with van der Waals surface area (Å²) in [6.45, 7) is 7.09. The molecule has 0 fully saturated rings. The van der Waals surface area contributed by atoms with Crippen LogP contribution >= 0.6 is 0 Å². The fourth-order valence-corrected chi connectivity index (χ4v) is 2.77. The van der Waals surface area contributed by atoms with Crippen molar-refractivity contribution in [2.24, 2.45) is 0 Å². The van der Waals surface area contributed by atoms with Gasteiger partial charge in [0.1, 0.15) is 0 Å². The molecule has 0 bridgehead atoms. The second kappa shape index (κ2) is 7.23. The SMILES string of the molecule is CC1NCCc2ccccc21.Cc1ccc(C(=O)O)c(C)c1. The maximum Gasteiger partial charge on any atom is 0.335 e. The van der Waals surface area contributed by atoms with Gasteiger partial charge in [-0.05, 0) is 56.5 Å². The van der Waals surface area contributed by atoms with Gasteiger partial charge in [0.25, 0.3) is 0 Å². The zero-order valence-corrected chi connectivity index (χ0v) is 13.4. The summed E-state index contributed by atoms with van der Waals surface area (Å²) in [6.07, 6.45) is 1.18. The van der Waals surface area contributed by atoms with E-state index in [9.17, 15) is 4.79 Å². The van der Waals surface area contributed by atoms with E-state index in [1.165, 1.54) is 17.5 Å². The molecule has 2 N–H and O–H groups in total. The van der Waals surface area contributed by atoms with Crippen molar-refractivity contribution in [3.8, 4) is 0 Å². The number of aromatic carboxylic acids is 1. The van der Waals surface area contributed by atoms with Crippen molar-refractivity contribution in [1.82, 2.24) is 5.32 Å². The van der Waals surface area contributed by atoms with Crippen LogP contribution < -0.4 is 5.32 Å². The third kappa shape index (κ3) is 3.95. The van der Waals surface area contributed by atoms with E-state index in [0.717, 1.165) is 17.7 Å². The Hall–Kier alpha value is -2.13. The molecule has 1 heterocycles. The van der Waals surface area contributed by atoms with E-state index >= 15 is 0 Å². The lowest BCUT2D eigenvalue weighted by molar-refractivity contribution is 0.0696. The largest absolute Gasteiger partial charge is 0.478 e. The second-order valence-electron chi connectivity index (χ2n) is 5.75. The number of rotatable bonds is 1. The van der Waals surface area contributed by atoms with Crippen LogP contribution in [0.5, 0.6) is 0 Å². The van der Waals surface area contributed by atoms with Crippen LogP contribution in [0.3, 0.4) is 0 Å². The molecule has 3 nitrogen and oxygen atoms in total. The second-order valence-corrected chi connectivity index (χ2v) is 5.75. The fraction of sp³-hybridized carbons (Fsp3) is 0.316. The van der Waals surface area contributed by atoms with E-state index in [1.54, 1.807) is 19.1 Å². The Labute approximate surface area is 132 Å². The van der Waals surface area contributed by atoms with Crippen LogP contribution in [-0.4, -0.2) is 17.6 Å². The molecule has 0 amide bonds. The molecule has 1 unspecified atom stereocenters. The normalized spacial score (nSPS) is 16.2. The first-order valence-corrected chi connectivity index (χ1v) is 7.60. The zero-order valence-electron chi connectivity index (χ0n) is 13.4. The minimum absolute atomic E-state index is 0.385. The van der Waals surface area contributed by atoms with Gasteiger partial charge in [-0.3, -0.25) is 0 Å². The summed E-state index contributed by atoms with van der Waals surface area (Å²) >= 11 is 0. The third-order valence-electron chi connectivity index (χ3n) is 3.98. The smallest absolute Gasteiger partial charge is 0.335 e. The highest BCUT2D eigenvalue weighted by Crippen LogP contribution is 2.21. The molecule has 1 atom stereocenters. The maximum absolute atomic E-state index is 10.5. The highest BCUT2D eigenvalue weighted by Gasteiger charge is 2.13. The Morgan fingerprint density at radius 3 is 2.55 bits per heavy atom. The topological polar surface area (TPSA) is 49.3 Å². The summed E-state index contributed by atoms with van der Waals surface area (Å²) in [5, 5.41) is 12.1. The zero-order chi connectivity index (χ0) is 16.1. The van der Waals surface area contributed by atoms with Crippen LogP contribution in [0.4, 0.5) is 0 Å². The quantitative estimate of drug-likeness (QED) is 0.839. The molecular formula is C19H23NO2. The number of hydrogen-bond donors (Lipinski definition) is 2. The minimum Gasteiger partial charge on any atom is -0.478 e. The predicted molar refractivity (Wildman–Crippen MR) is 89.4 cm³/mol. The van der Waals surface area contributed by atoms with Gasteiger partial charge in [0, 0.05) is 6.04 Å². The molecule has 0 spiro atoms. The Balaban J connectivity index is 0.000000160. The summed E-state index contributed by atoms with van der Waals surface area (Å²) in [7, 11) is 0. The lowest BCUT2D eigenvalue weighted by atomic mass is 9.96. The van der Waals surface area contributed by atoms with Crippen molar-refractivity contribution < 1.29 is 9.90 Å². The van der Waals surface area contributed by atoms with Gasteiger partial charge in [0.05, 0.1) is 5.56 Å². The van der Waals surface area contributed by atoms with E-state index in [-0.39, 0.29) is 0 Å². The number of carboxylic acids is 1. The van der Waals surface area contributed by atoms with Gasteiger partial charge in [-0.1, -0.05) is 42.0 Å². The molecule has 116 valence electrons. The summed E-state index contributed by atoms with van der Waals surface area (Å²) in [5.41, 5.74) is 5.28. The first-order chi connectivity index (χ1) is 10.5. The molecule has 1 aliphatic rings. The maximum atomic E-state index is 10.5. The number of carboxylic acid groups (broad SMARTS) is 1. The highest BCUT2D eigenvalue weighted by atomic mass is 16.4. The number of hydrogen-bond acceptors (Lipinski definition) is 2. The van der Waals surface area contributed by atoms with Gasteiger partial charge < -0.3 is 10.4 Å². The molecule has 22 heavy (non-hydrogen) atoms. The molecule has 0 saturated heterocycles. The molecule has 2 aromatic rings. The lowest BCUT2D eigenvalue weighted by Gasteiger charge is -2.23. The van der Waals surface area contributed by atoms with Crippen LogP contribution in [-0.2, 0) is 6.42 Å². The van der Waals surface area contributed by atoms with Crippen molar-refractivity contribution in [1.29, 1.82) is 0 Å². The van der Waals surface area contributed by atoms with Gasteiger partial charge in [-0.25, -0.2) is 4.79 Å². The highest BCUT2D eigenvalue weighted by molar-refractivity contribution is 5.89. The van der Waals surface area contributed by atoms with E-state index in [0.29, 0.717) is 11.6 Å². The van der Waals surface area contributed by atoms with E-state index < -0.39 is 5.97 Å². The Bertz CT molecular complexity index is 664. The number of nitrogens with one attached hydrogen (secondary N) is 1. The molecule has 2 aromatic carbocycles. The molecule has 0 saturated carbocycles. The van der Waals surface area contributed by atoms with Crippen molar-refractivity contribution in [2.45, 2.75) is 33.2 Å². The average molecular weight is 297 g/mol. The first-order valence-electron chi connectivity index (χ1n) is 7.60. The fourth-order valence-electron chi connectivity index (χ4n) is 2.77. The standard InChI is InChI=1S/C10H13N.C9H10O2/c1-8-10-5-3-2-4-9(10)6-7-11-8;1-6-3-4-8(9(10)11)7(2)5-6/h2-5,8,11H,6-7H2,1H3;3-5H,1-2H3,(H,10,11). The molecule has 0 aromatic heterocycles. The van der Waals surface area contributed by atoms with Crippen molar-refractivity contribution in [3.63, 3.8) is 0 Å². The number of aryl methyl sites for hydroxylation is 2. The monoisotopic (exact) mass is 297 g/mol. The van der Waals surface area contributed by atoms with Gasteiger partial charge in [-0.15, -0.1) is 0 Å². The number of benzene rings is 2. The van der Waals surface area contributed by atoms with Crippen LogP contribution in [0.2, 0.25) is 0 Å². The number of carbonyl (C=O) groups is 1. The van der Waals surface area contributed by atoms with Crippen LogP contribution in [0, 0.1) is 13.8 Å². The number of fused-ring (bicyclic) bond motifs is 1. The Morgan fingerprint density at radius 1 is 1.18 bits per heavy atom. The minimum atomic E-state index is -0.859. The summed E-state index contributed by atoms with van der Waals surface area (Å²) in [5.74, 6) is -0.859. The third-order valence-corrected chi connectivity index (χ3v) is 3.98. The van der Waals surface area contributed by atoms with Crippen LogP contribution in [0.15, 0.2) is 42.5 Å². The van der Waals surface area contributed by atoms with E-state index in [2.05, 4.69) is 36.5 Å². The molecular weight excluding hydrogens is 274 g/mol. The van der Waals surface area contributed by atoms with Gasteiger partial charge in [0.2, 0.25) is 0 Å². The van der Waals surface area contributed by atoms with Gasteiger partial charge >= 0.3 is 5.97 Å². The van der Waals surface area contributed by atoms with Crippen molar-refractivity contribution in [3.05, 3.63) is 70.3 Å². The Morgan fingerprint density at radius 2 is 1.91 bits per heavy atom. The lowest BCUT2D eigenvalue weighted by Crippen LogP contribution is -2.27. The van der Waals surface area contributed by atoms with Crippen molar-refractivity contribution in [2.75, 3.05) is 6.54 Å². The van der Waals surface area contributed by atoms with Gasteiger partial charge in [0.15, 0.2) is 0 Å². The van der Waals surface area contributed by atoms with E-state index in [1.807, 2.05) is 13.0 Å². The Kier molecular flexibility index (Phi) is 5.34. The molecule has 1 aliphatic heterocycles. The summed E-state index contributed by atoms with van der Waals surface area (Å²) < 4.78 is 0. The van der Waals surface area contributed by atoms with Crippen LogP contribution in [0.25, 0.3) is 0 Å². The summed E-state index contributed by atoms with van der Waals surface area (Å²) in [4.78, 5) is 10.5.